The van der Waals surface area contributed by atoms with Crippen LogP contribution in [0.1, 0.15) is 29.9 Å². The van der Waals surface area contributed by atoms with Crippen molar-refractivity contribution < 1.29 is 14.6 Å². The molecule has 3 heterocycles. The van der Waals surface area contributed by atoms with Gasteiger partial charge in [0.05, 0.1) is 46.1 Å². The number of nitrogens with one attached hydrogen (secondary N) is 4. The molecule has 2 aromatic heterocycles. The first-order valence-corrected chi connectivity index (χ1v) is 10.6. The molecule has 1 amide bonds. The van der Waals surface area contributed by atoms with Crippen molar-refractivity contribution in [3.05, 3.63) is 46.7 Å². The van der Waals surface area contributed by atoms with Crippen LogP contribution in [-0.2, 0) is 6.42 Å². The third-order valence-corrected chi connectivity index (χ3v) is 5.28. The molecule has 10 heteroatoms. The summed E-state index contributed by atoms with van der Waals surface area (Å²) in [5.74, 6) is 0.668. The molecule has 0 atom stereocenters. The fourth-order valence-electron chi connectivity index (χ4n) is 3.52. The lowest BCUT2D eigenvalue weighted by molar-refractivity contribution is 0.0937. The van der Waals surface area contributed by atoms with Crippen molar-refractivity contribution in [1.82, 2.24) is 20.3 Å². The number of benzene rings is 1. The average molecular weight is 457 g/mol. The first kappa shape index (κ1) is 21.9. The number of aromatic amines is 1. The molecule has 0 unspecified atom stereocenters. The molecule has 168 valence electrons. The maximum atomic E-state index is 12.7. The average Bonchev–Trinajstić information content (AvgIpc) is 3.12. The molecule has 0 saturated heterocycles. The van der Waals surface area contributed by atoms with Crippen LogP contribution >= 0.6 is 11.6 Å². The van der Waals surface area contributed by atoms with Gasteiger partial charge in [-0.3, -0.25) is 4.79 Å². The number of methoxy groups -OCH3 is 1. The fraction of sp³-hybridized carbons (Fsp3) is 0.318. The second kappa shape index (κ2) is 8.68. The van der Waals surface area contributed by atoms with Crippen LogP contribution in [0.5, 0.6) is 5.75 Å². The van der Waals surface area contributed by atoms with E-state index in [4.69, 9.17) is 16.3 Å². The highest BCUT2D eigenvalue weighted by molar-refractivity contribution is 6.32. The quantitative estimate of drug-likeness (QED) is 0.369. The van der Waals surface area contributed by atoms with Gasteiger partial charge < -0.3 is 30.8 Å². The monoisotopic (exact) mass is 456 g/mol. The molecule has 0 saturated carbocycles. The third-order valence-electron chi connectivity index (χ3n) is 4.99. The Bertz CT molecular complexity index is 1160. The number of aliphatic hydroxyl groups is 1. The number of nitrogens with zero attached hydrogens (tertiary/aromatic N) is 2. The highest BCUT2D eigenvalue weighted by Gasteiger charge is 2.28. The van der Waals surface area contributed by atoms with Gasteiger partial charge in [0, 0.05) is 31.4 Å². The Labute approximate surface area is 190 Å². The van der Waals surface area contributed by atoms with Crippen LogP contribution in [0.25, 0.3) is 11.4 Å². The lowest BCUT2D eigenvalue weighted by atomic mass is 10.1. The molecule has 0 radical (unpaired) electrons. The SMILES string of the molecule is COc1c(Cl)cccc1Nc1c(-c2ccnc(NCC(C)(C)O)n2)[nH]c2c1C(=O)NCC2. The normalized spacial score (nSPS) is 13.3. The number of amides is 1. The highest BCUT2D eigenvalue weighted by atomic mass is 35.5. The van der Waals surface area contributed by atoms with E-state index < -0.39 is 5.60 Å². The van der Waals surface area contributed by atoms with Gasteiger partial charge in [-0.1, -0.05) is 17.7 Å². The molecule has 0 spiro atoms. The summed E-state index contributed by atoms with van der Waals surface area (Å²) in [5.41, 5.74) is 2.85. The number of rotatable bonds is 7. The molecule has 0 bridgehead atoms. The van der Waals surface area contributed by atoms with E-state index in [-0.39, 0.29) is 12.5 Å². The molecule has 1 aliphatic heterocycles. The zero-order chi connectivity index (χ0) is 22.9. The molecule has 1 aromatic carbocycles. The van der Waals surface area contributed by atoms with Crippen molar-refractivity contribution in [3.8, 4) is 17.1 Å². The summed E-state index contributed by atoms with van der Waals surface area (Å²) < 4.78 is 5.46. The first-order chi connectivity index (χ1) is 15.3. The van der Waals surface area contributed by atoms with Crippen molar-refractivity contribution in [2.45, 2.75) is 25.9 Å². The predicted octanol–water partition coefficient (Wildman–Crippen LogP) is 3.35. The van der Waals surface area contributed by atoms with Gasteiger partial charge in [-0.15, -0.1) is 0 Å². The van der Waals surface area contributed by atoms with Crippen LogP contribution in [0.4, 0.5) is 17.3 Å². The van der Waals surface area contributed by atoms with E-state index in [2.05, 4.69) is 30.9 Å². The van der Waals surface area contributed by atoms with Crippen LogP contribution < -0.4 is 20.7 Å². The Morgan fingerprint density at radius 2 is 2.12 bits per heavy atom. The minimum atomic E-state index is -0.918. The largest absolute Gasteiger partial charge is 0.493 e. The lowest BCUT2D eigenvalue weighted by Gasteiger charge is -2.18. The van der Waals surface area contributed by atoms with Crippen LogP contribution in [0.15, 0.2) is 30.5 Å². The molecule has 4 rings (SSSR count). The smallest absolute Gasteiger partial charge is 0.255 e. The van der Waals surface area contributed by atoms with E-state index in [1.165, 1.54) is 7.11 Å². The molecular formula is C22H25ClN6O3. The molecule has 0 fully saturated rings. The number of anilines is 3. The number of H-pyrrole nitrogens is 1. The van der Waals surface area contributed by atoms with Gasteiger partial charge in [0.2, 0.25) is 5.95 Å². The second-order valence-corrected chi connectivity index (χ2v) is 8.52. The van der Waals surface area contributed by atoms with Crippen molar-refractivity contribution in [2.24, 2.45) is 0 Å². The van der Waals surface area contributed by atoms with Crippen LogP contribution in [0.3, 0.4) is 0 Å². The Balaban J connectivity index is 1.79. The fourth-order valence-corrected chi connectivity index (χ4v) is 3.78. The number of aromatic nitrogens is 3. The number of hydrogen-bond donors (Lipinski definition) is 5. The lowest BCUT2D eigenvalue weighted by Crippen LogP contribution is -2.31. The maximum Gasteiger partial charge on any atom is 0.255 e. The summed E-state index contributed by atoms with van der Waals surface area (Å²) in [5, 5.41) is 19.7. The summed E-state index contributed by atoms with van der Waals surface area (Å²) in [6.07, 6.45) is 2.29. The summed E-state index contributed by atoms with van der Waals surface area (Å²) in [6.45, 7) is 4.22. The number of fused-ring (bicyclic) bond motifs is 1. The van der Waals surface area contributed by atoms with E-state index in [0.29, 0.717) is 58.0 Å². The van der Waals surface area contributed by atoms with Gasteiger partial charge in [0.25, 0.3) is 5.91 Å². The van der Waals surface area contributed by atoms with Gasteiger partial charge in [0.15, 0.2) is 5.75 Å². The Morgan fingerprint density at radius 3 is 2.88 bits per heavy atom. The molecule has 3 aromatic rings. The van der Waals surface area contributed by atoms with Crippen molar-refractivity contribution in [1.29, 1.82) is 0 Å². The summed E-state index contributed by atoms with van der Waals surface area (Å²) in [4.78, 5) is 24.9. The van der Waals surface area contributed by atoms with Gasteiger partial charge in [0.1, 0.15) is 0 Å². The summed E-state index contributed by atoms with van der Waals surface area (Å²) in [7, 11) is 1.54. The van der Waals surface area contributed by atoms with E-state index in [0.717, 1.165) is 5.69 Å². The molecule has 32 heavy (non-hydrogen) atoms. The van der Waals surface area contributed by atoms with E-state index in [1.807, 2.05) is 6.07 Å². The number of para-hydroxylation sites is 1. The van der Waals surface area contributed by atoms with E-state index in [1.54, 1.807) is 38.2 Å². The predicted molar refractivity (Wildman–Crippen MR) is 124 cm³/mol. The molecule has 1 aliphatic rings. The van der Waals surface area contributed by atoms with Crippen molar-refractivity contribution >= 4 is 34.8 Å². The van der Waals surface area contributed by atoms with E-state index in [9.17, 15) is 9.90 Å². The number of halogens is 1. The van der Waals surface area contributed by atoms with Gasteiger partial charge >= 0.3 is 0 Å². The molecular weight excluding hydrogens is 432 g/mol. The number of carbonyl (C=O) groups is 1. The number of carbonyl (C=O) groups excluding carboxylic acids is 1. The zero-order valence-corrected chi connectivity index (χ0v) is 18.8. The highest BCUT2D eigenvalue weighted by Crippen LogP contribution is 2.40. The zero-order valence-electron chi connectivity index (χ0n) is 18.0. The molecule has 0 aliphatic carbocycles. The van der Waals surface area contributed by atoms with E-state index >= 15 is 0 Å². The third kappa shape index (κ3) is 4.49. The summed E-state index contributed by atoms with van der Waals surface area (Å²) >= 11 is 6.29. The maximum absolute atomic E-state index is 12.7. The van der Waals surface area contributed by atoms with Crippen LogP contribution in [0, 0.1) is 0 Å². The Morgan fingerprint density at radius 1 is 1.31 bits per heavy atom. The summed E-state index contributed by atoms with van der Waals surface area (Å²) in [6, 6.07) is 7.11. The second-order valence-electron chi connectivity index (χ2n) is 8.11. The number of ether oxygens (including phenoxy) is 1. The number of hydrogen-bond acceptors (Lipinski definition) is 7. The van der Waals surface area contributed by atoms with Gasteiger partial charge in [-0.05, 0) is 32.0 Å². The molecule has 9 nitrogen and oxygen atoms in total. The van der Waals surface area contributed by atoms with Crippen LogP contribution in [0.2, 0.25) is 5.02 Å². The Kier molecular flexibility index (Phi) is 5.94. The van der Waals surface area contributed by atoms with Crippen molar-refractivity contribution in [2.75, 3.05) is 30.8 Å². The van der Waals surface area contributed by atoms with Crippen molar-refractivity contribution in [3.63, 3.8) is 0 Å². The first-order valence-electron chi connectivity index (χ1n) is 10.2. The topological polar surface area (TPSA) is 124 Å². The minimum Gasteiger partial charge on any atom is -0.493 e. The standard InChI is InChI=1S/C22H25ClN6O3/c1-22(2,31)11-26-21-25-10-8-14(29-21)17-18(16-13(27-17)7-9-24-20(16)30)28-15-6-4-5-12(23)19(15)32-3/h4-6,8,10,27-28,31H,7,9,11H2,1-3H3,(H,24,30)(H,25,26,29). The molecule has 5 N–H and O–H groups in total. The van der Waals surface area contributed by atoms with Crippen LogP contribution in [-0.4, -0.2) is 51.8 Å². The van der Waals surface area contributed by atoms with Gasteiger partial charge in [-0.25, -0.2) is 9.97 Å². The minimum absolute atomic E-state index is 0.174. The van der Waals surface area contributed by atoms with Gasteiger partial charge in [-0.2, -0.15) is 0 Å². The Hall–Kier alpha value is -3.30.